The van der Waals surface area contributed by atoms with Crippen LogP contribution in [0.25, 0.3) is 16.9 Å². The third-order valence-electron chi connectivity index (χ3n) is 4.99. The van der Waals surface area contributed by atoms with E-state index in [0.717, 1.165) is 22.6 Å². The highest BCUT2D eigenvalue weighted by Gasteiger charge is 2.10. The Hall–Kier alpha value is -4.44. The summed E-state index contributed by atoms with van der Waals surface area (Å²) < 4.78 is 12.5. The number of methoxy groups -OCH3 is 2. The smallest absolute Gasteiger partial charge is 0.269 e. The number of ether oxygens (including phenoxy) is 2. The first-order chi connectivity index (χ1) is 16.5. The van der Waals surface area contributed by atoms with Gasteiger partial charge in [-0.1, -0.05) is 0 Å². The van der Waals surface area contributed by atoms with Crippen LogP contribution in [0.4, 0.5) is 17.1 Å². The fraction of sp³-hybridized carbons (Fsp3) is 0.0833. The molecule has 0 amide bonds. The maximum Gasteiger partial charge on any atom is 0.269 e. The van der Waals surface area contributed by atoms with Gasteiger partial charge < -0.3 is 20.1 Å². The second kappa shape index (κ2) is 10.0. The molecule has 10 heteroatoms. The maximum atomic E-state index is 10.8. The van der Waals surface area contributed by atoms with Crippen molar-refractivity contribution in [2.75, 3.05) is 24.9 Å². The van der Waals surface area contributed by atoms with Crippen LogP contribution in [0.15, 0.2) is 79.0 Å². The van der Waals surface area contributed by atoms with Gasteiger partial charge in [0.1, 0.15) is 0 Å². The number of nitro groups is 1. The molecule has 9 nitrogen and oxygen atoms in total. The summed E-state index contributed by atoms with van der Waals surface area (Å²) in [6, 6.07) is 21.2. The first-order valence-electron chi connectivity index (χ1n) is 10.2. The highest BCUT2D eigenvalue weighted by atomic mass is 32.1. The minimum absolute atomic E-state index is 0.0212. The predicted molar refractivity (Wildman–Crippen MR) is 135 cm³/mol. The Balaban J connectivity index is 1.41. The Bertz CT molecular complexity index is 1320. The molecule has 0 aliphatic rings. The normalized spacial score (nSPS) is 10.4. The van der Waals surface area contributed by atoms with E-state index in [2.05, 4.69) is 15.7 Å². The van der Waals surface area contributed by atoms with Crippen molar-refractivity contribution in [2.24, 2.45) is 0 Å². The van der Waals surface area contributed by atoms with Crippen LogP contribution >= 0.6 is 12.2 Å². The van der Waals surface area contributed by atoms with Crippen molar-refractivity contribution in [1.29, 1.82) is 0 Å². The number of nitrogens with zero attached hydrogens (tertiary/aromatic N) is 3. The third kappa shape index (κ3) is 5.13. The molecule has 0 aliphatic heterocycles. The molecule has 4 rings (SSSR count). The van der Waals surface area contributed by atoms with Crippen molar-refractivity contribution in [1.82, 2.24) is 9.78 Å². The van der Waals surface area contributed by atoms with Crippen LogP contribution in [0.1, 0.15) is 0 Å². The zero-order chi connectivity index (χ0) is 24.1. The number of aromatic nitrogens is 2. The van der Waals surface area contributed by atoms with Gasteiger partial charge in [0.05, 0.1) is 30.5 Å². The summed E-state index contributed by atoms with van der Waals surface area (Å²) in [5.74, 6) is 1.30. The molecule has 3 aromatic carbocycles. The molecule has 0 radical (unpaired) electrons. The molecule has 1 aromatic heterocycles. The lowest BCUT2D eigenvalue weighted by molar-refractivity contribution is -0.384. The molecule has 34 heavy (non-hydrogen) atoms. The van der Waals surface area contributed by atoms with Gasteiger partial charge in [-0.3, -0.25) is 10.1 Å². The molecular formula is C24H21N5O4S. The average molecular weight is 476 g/mol. The number of hydrogen-bond donors (Lipinski definition) is 2. The molecule has 4 aromatic rings. The summed E-state index contributed by atoms with van der Waals surface area (Å²) in [6.07, 6.45) is 1.88. The van der Waals surface area contributed by atoms with Gasteiger partial charge in [-0.15, -0.1) is 0 Å². The van der Waals surface area contributed by atoms with E-state index in [0.29, 0.717) is 22.3 Å². The first kappa shape index (κ1) is 22.7. The summed E-state index contributed by atoms with van der Waals surface area (Å²) in [4.78, 5) is 10.3. The Kier molecular flexibility index (Phi) is 6.69. The number of rotatable bonds is 7. The van der Waals surface area contributed by atoms with Crippen LogP contribution in [-0.2, 0) is 0 Å². The fourth-order valence-electron chi connectivity index (χ4n) is 3.27. The Labute approximate surface area is 201 Å². The van der Waals surface area contributed by atoms with Crippen molar-refractivity contribution in [3.05, 3.63) is 89.1 Å². The lowest BCUT2D eigenvalue weighted by Crippen LogP contribution is -2.19. The molecule has 172 valence electrons. The quantitative estimate of drug-likeness (QED) is 0.212. The highest BCUT2D eigenvalue weighted by molar-refractivity contribution is 7.80. The summed E-state index contributed by atoms with van der Waals surface area (Å²) >= 11 is 5.33. The van der Waals surface area contributed by atoms with E-state index >= 15 is 0 Å². The Morgan fingerprint density at radius 1 is 0.912 bits per heavy atom. The number of benzene rings is 3. The van der Waals surface area contributed by atoms with Crippen LogP contribution in [0, 0.1) is 10.1 Å². The largest absolute Gasteiger partial charge is 0.493 e. The van der Waals surface area contributed by atoms with E-state index in [1.54, 1.807) is 31.0 Å². The van der Waals surface area contributed by atoms with Crippen LogP contribution in [-0.4, -0.2) is 34.0 Å². The molecule has 2 N–H and O–H groups in total. The van der Waals surface area contributed by atoms with Gasteiger partial charge in [-0.05, 0) is 72.9 Å². The van der Waals surface area contributed by atoms with Gasteiger partial charge in [0, 0.05) is 35.3 Å². The molecule has 0 saturated carbocycles. The number of non-ortho nitro benzene ring substituents is 1. The second-order valence-electron chi connectivity index (χ2n) is 7.15. The SMILES string of the molecule is COc1ccc(-c2ccn(-c3ccc(NC(=S)Nc4ccc([N+](=O)[O-])cc4)cc3)n2)cc1OC. The van der Waals surface area contributed by atoms with E-state index in [-0.39, 0.29) is 5.69 Å². The minimum Gasteiger partial charge on any atom is -0.493 e. The van der Waals surface area contributed by atoms with E-state index in [1.807, 2.05) is 54.7 Å². The monoisotopic (exact) mass is 475 g/mol. The number of nitro benzene ring substituents is 1. The second-order valence-corrected chi connectivity index (χ2v) is 7.55. The van der Waals surface area contributed by atoms with E-state index in [1.165, 1.54) is 12.1 Å². The number of thiocarbonyl (C=S) groups is 1. The van der Waals surface area contributed by atoms with Gasteiger partial charge >= 0.3 is 0 Å². The number of anilines is 2. The van der Waals surface area contributed by atoms with Gasteiger partial charge in [0.15, 0.2) is 16.6 Å². The fourth-order valence-corrected chi connectivity index (χ4v) is 3.51. The molecule has 0 saturated heterocycles. The van der Waals surface area contributed by atoms with Crippen molar-refractivity contribution in [2.45, 2.75) is 0 Å². The zero-order valence-corrected chi connectivity index (χ0v) is 19.2. The molecule has 0 spiro atoms. The van der Waals surface area contributed by atoms with Gasteiger partial charge in [-0.2, -0.15) is 5.10 Å². The van der Waals surface area contributed by atoms with Gasteiger partial charge in [-0.25, -0.2) is 4.68 Å². The summed E-state index contributed by atoms with van der Waals surface area (Å²) in [5, 5.41) is 21.9. The van der Waals surface area contributed by atoms with E-state index < -0.39 is 4.92 Å². The average Bonchev–Trinajstić information content (AvgIpc) is 3.34. The summed E-state index contributed by atoms with van der Waals surface area (Å²) in [7, 11) is 3.20. The molecule has 0 bridgehead atoms. The van der Waals surface area contributed by atoms with Gasteiger partial charge in [0.25, 0.3) is 5.69 Å². The lowest BCUT2D eigenvalue weighted by atomic mass is 10.1. The van der Waals surface area contributed by atoms with E-state index in [9.17, 15) is 10.1 Å². The van der Waals surface area contributed by atoms with Crippen LogP contribution in [0.3, 0.4) is 0 Å². The van der Waals surface area contributed by atoms with E-state index in [4.69, 9.17) is 21.7 Å². The van der Waals surface area contributed by atoms with Crippen molar-refractivity contribution < 1.29 is 14.4 Å². The summed E-state index contributed by atoms with van der Waals surface area (Å²) in [6.45, 7) is 0. The first-order valence-corrected chi connectivity index (χ1v) is 10.6. The van der Waals surface area contributed by atoms with Gasteiger partial charge in [0.2, 0.25) is 0 Å². The van der Waals surface area contributed by atoms with Crippen LogP contribution in [0.5, 0.6) is 11.5 Å². The minimum atomic E-state index is -0.446. The summed E-state index contributed by atoms with van der Waals surface area (Å²) in [5.41, 5.74) is 4.06. The van der Waals surface area contributed by atoms with Crippen LogP contribution in [0.2, 0.25) is 0 Å². The van der Waals surface area contributed by atoms with Crippen molar-refractivity contribution in [3.8, 4) is 28.4 Å². The Morgan fingerprint density at radius 2 is 1.53 bits per heavy atom. The van der Waals surface area contributed by atoms with Crippen LogP contribution < -0.4 is 20.1 Å². The van der Waals surface area contributed by atoms with Crippen molar-refractivity contribution >= 4 is 34.4 Å². The predicted octanol–water partition coefficient (Wildman–Crippen LogP) is 5.27. The molecular weight excluding hydrogens is 454 g/mol. The highest BCUT2D eigenvalue weighted by Crippen LogP contribution is 2.31. The molecule has 0 aliphatic carbocycles. The number of nitrogens with one attached hydrogen (secondary N) is 2. The maximum absolute atomic E-state index is 10.8. The van der Waals surface area contributed by atoms with Crippen molar-refractivity contribution in [3.63, 3.8) is 0 Å². The molecule has 1 heterocycles. The molecule has 0 atom stereocenters. The Morgan fingerprint density at radius 3 is 2.12 bits per heavy atom. The topological polar surface area (TPSA) is 103 Å². The lowest BCUT2D eigenvalue weighted by Gasteiger charge is -2.11. The zero-order valence-electron chi connectivity index (χ0n) is 18.4. The molecule has 0 fully saturated rings. The molecule has 0 unspecified atom stereocenters. The standard InChI is InChI=1S/C24H21N5O4S/c1-32-22-12-3-16(15-23(22)33-2)21-13-14-28(27-21)19-8-4-17(5-9-19)25-24(34)26-18-6-10-20(11-7-18)29(30)31/h3-15H,1-2H3,(H2,25,26,34). The number of hydrogen-bond acceptors (Lipinski definition) is 6. The third-order valence-corrected chi connectivity index (χ3v) is 5.20.